The number of aromatic nitrogens is 3. The van der Waals surface area contributed by atoms with Crippen molar-refractivity contribution in [1.82, 2.24) is 14.3 Å². The Morgan fingerprint density at radius 3 is 2.58 bits per heavy atom. The maximum atomic E-state index is 14.0. The number of rotatable bonds is 3. The number of halogens is 1. The second-order valence-corrected chi connectivity index (χ2v) is 6.13. The van der Waals surface area contributed by atoms with Crippen molar-refractivity contribution in [2.45, 2.75) is 26.3 Å². The van der Waals surface area contributed by atoms with Crippen LogP contribution in [0.3, 0.4) is 0 Å². The van der Waals surface area contributed by atoms with E-state index in [4.69, 9.17) is 0 Å². The Labute approximate surface area is 149 Å². The molecule has 0 saturated carbocycles. The average molecular weight is 352 g/mol. The number of anilines is 2. The fraction of sp³-hybridized carbons (Fsp3) is 0.211. The third kappa shape index (κ3) is 2.52. The molecule has 0 spiro atoms. The van der Waals surface area contributed by atoms with Crippen LogP contribution in [0.1, 0.15) is 19.2 Å². The van der Waals surface area contributed by atoms with E-state index in [0.717, 1.165) is 6.42 Å². The van der Waals surface area contributed by atoms with Gasteiger partial charge in [-0.05, 0) is 30.7 Å². The van der Waals surface area contributed by atoms with Crippen LogP contribution in [0.5, 0.6) is 0 Å². The molecule has 0 unspecified atom stereocenters. The Bertz CT molecular complexity index is 1040. The zero-order chi connectivity index (χ0) is 18.3. The molecule has 1 amide bonds. The van der Waals surface area contributed by atoms with Gasteiger partial charge in [0, 0.05) is 18.3 Å². The summed E-state index contributed by atoms with van der Waals surface area (Å²) in [4.78, 5) is 27.2. The molecule has 6 nitrogen and oxygen atoms in total. The van der Waals surface area contributed by atoms with Crippen LogP contribution in [0.4, 0.5) is 15.8 Å². The van der Waals surface area contributed by atoms with Crippen molar-refractivity contribution >= 4 is 17.3 Å². The van der Waals surface area contributed by atoms with Crippen LogP contribution in [0.25, 0.3) is 5.69 Å². The molecular weight excluding hydrogens is 335 g/mol. The van der Waals surface area contributed by atoms with Crippen molar-refractivity contribution in [2.24, 2.45) is 0 Å². The Morgan fingerprint density at radius 2 is 1.85 bits per heavy atom. The van der Waals surface area contributed by atoms with Gasteiger partial charge in [-0.2, -0.15) is 5.10 Å². The van der Waals surface area contributed by atoms with Crippen molar-refractivity contribution in [2.75, 3.05) is 4.90 Å². The number of benzene rings is 2. The minimum atomic E-state index is -0.477. The molecule has 0 radical (unpaired) electrons. The quantitative estimate of drug-likeness (QED) is 0.728. The van der Waals surface area contributed by atoms with Gasteiger partial charge in [0.25, 0.3) is 0 Å². The molecule has 0 N–H and O–H groups in total. The maximum absolute atomic E-state index is 14.0. The fourth-order valence-corrected chi connectivity index (χ4v) is 3.24. The molecular formula is C19H17FN4O2. The normalized spacial score (nSPS) is 13.3. The number of fused-ring (bicyclic) bond motifs is 3. The maximum Gasteiger partial charge on any atom is 0.350 e. The molecule has 2 aromatic carbocycles. The van der Waals surface area contributed by atoms with E-state index in [0.29, 0.717) is 29.4 Å². The molecule has 0 atom stereocenters. The topological polar surface area (TPSA) is 60.1 Å². The van der Waals surface area contributed by atoms with E-state index in [1.54, 1.807) is 24.3 Å². The van der Waals surface area contributed by atoms with Gasteiger partial charge >= 0.3 is 5.69 Å². The molecule has 132 valence electrons. The molecule has 3 aromatic rings. The van der Waals surface area contributed by atoms with Gasteiger partial charge in [0.05, 0.1) is 17.8 Å². The zero-order valence-corrected chi connectivity index (χ0v) is 14.2. The third-order valence-corrected chi connectivity index (χ3v) is 4.33. The lowest BCUT2D eigenvalue weighted by molar-refractivity contribution is -0.117. The van der Waals surface area contributed by atoms with Crippen LogP contribution in [-0.4, -0.2) is 20.3 Å². The van der Waals surface area contributed by atoms with Crippen molar-refractivity contribution in [1.29, 1.82) is 0 Å². The van der Waals surface area contributed by atoms with Gasteiger partial charge in [-0.1, -0.05) is 25.1 Å². The molecule has 2 heterocycles. The Kier molecular flexibility index (Phi) is 3.91. The van der Waals surface area contributed by atoms with Crippen molar-refractivity contribution in [3.8, 4) is 5.69 Å². The van der Waals surface area contributed by atoms with E-state index in [9.17, 15) is 14.0 Å². The zero-order valence-electron chi connectivity index (χ0n) is 14.2. The molecule has 0 saturated heterocycles. The smallest absolute Gasteiger partial charge is 0.278 e. The molecule has 26 heavy (non-hydrogen) atoms. The number of amides is 1. The van der Waals surface area contributed by atoms with Crippen molar-refractivity contribution < 1.29 is 9.18 Å². The van der Waals surface area contributed by atoms with E-state index >= 15 is 0 Å². The summed E-state index contributed by atoms with van der Waals surface area (Å²) in [7, 11) is 0. The van der Waals surface area contributed by atoms with Gasteiger partial charge in [-0.25, -0.2) is 18.4 Å². The number of para-hydroxylation sites is 1. The molecule has 7 heteroatoms. The van der Waals surface area contributed by atoms with Gasteiger partial charge in [0.2, 0.25) is 5.91 Å². The fourth-order valence-electron chi connectivity index (χ4n) is 3.24. The number of hydrogen-bond donors (Lipinski definition) is 0. The first kappa shape index (κ1) is 16.3. The summed E-state index contributed by atoms with van der Waals surface area (Å²) in [5.74, 6) is -0.384. The second kappa shape index (κ2) is 6.25. The lowest BCUT2D eigenvalue weighted by Crippen LogP contribution is -2.27. The summed E-state index contributed by atoms with van der Waals surface area (Å²) in [6.45, 7) is 2.41. The first-order valence-electron chi connectivity index (χ1n) is 8.47. The molecule has 0 fully saturated rings. The SMILES string of the molecule is CCCn1nc2n(c1=O)-c1ccc(F)cc1N(c1ccccc1)C(=O)C2. The predicted molar refractivity (Wildman–Crippen MR) is 95.4 cm³/mol. The lowest BCUT2D eigenvalue weighted by Gasteiger charge is -2.23. The van der Waals surface area contributed by atoms with Gasteiger partial charge in [0.15, 0.2) is 0 Å². The summed E-state index contributed by atoms with van der Waals surface area (Å²) in [6.07, 6.45) is 0.702. The van der Waals surface area contributed by atoms with Gasteiger partial charge in [-0.15, -0.1) is 0 Å². The van der Waals surface area contributed by atoms with Crippen LogP contribution in [0.2, 0.25) is 0 Å². The van der Waals surface area contributed by atoms with Crippen LogP contribution >= 0.6 is 0 Å². The highest BCUT2D eigenvalue weighted by Crippen LogP contribution is 2.34. The van der Waals surface area contributed by atoms with E-state index in [1.165, 1.54) is 32.3 Å². The van der Waals surface area contributed by atoms with Gasteiger partial charge in [-0.3, -0.25) is 9.69 Å². The largest absolute Gasteiger partial charge is 0.350 e. The number of nitrogens with zero attached hydrogens (tertiary/aromatic N) is 4. The number of hydrogen-bond acceptors (Lipinski definition) is 3. The molecule has 1 aromatic heterocycles. The standard InChI is InChI=1S/C19H17FN4O2/c1-2-10-22-19(26)24-15-9-8-13(20)11-16(15)23(14-6-4-3-5-7-14)18(25)12-17(24)21-22/h3-9,11H,2,10,12H2,1H3. The molecule has 4 rings (SSSR count). The van der Waals surface area contributed by atoms with E-state index < -0.39 is 5.82 Å². The highest BCUT2D eigenvalue weighted by molar-refractivity contribution is 6.03. The minimum absolute atomic E-state index is 0.0445. The number of carbonyl (C=O) groups is 1. The minimum Gasteiger partial charge on any atom is -0.278 e. The summed E-state index contributed by atoms with van der Waals surface area (Å²) in [5.41, 5.74) is 1.07. The Balaban J connectivity index is 1.99. The summed E-state index contributed by atoms with van der Waals surface area (Å²) in [5, 5.41) is 4.33. The number of carbonyl (C=O) groups excluding carboxylic acids is 1. The lowest BCUT2D eigenvalue weighted by atomic mass is 10.2. The summed E-state index contributed by atoms with van der Waals surface area (Å²) >= 11 is 0. The molecule has 1 aliphatic rings. The molecule has 0 bridgehead atoms. The van der Waals surface area contributed by atoms with E-state index in [-0.39, 0.29) is 18.0 Å². The van der Waals surface area contributed by atoms with Crippen LogP contribution in [0.15, 0.2) is 53.3 Å². The molecule has 1 aliphatic heterocycles. The first-order valence-corrected chi connectivity index (χ1v) is 8.47. The summed E-state index contributed by atoms with van der Waals surface area (Å²) in [6, 6.07) is 13.1. The predicted octanol–water partition coefficient (Wildman–Crippen LogP) is 2.80. The van der Waals surface area contributed by atoms with Gasteiger partial charge in [0.1, 0.15) is 11.6 Å². The highest BCUT2D eigenvalue weighted by atomic mass is 19.1. The van der Waals surface area contributed by atoms with Crippen LogP contribution < -0.4 is 10.6 Å². The van der Waals surface area contributed by atoms with Crippen molar-refractivity contribution in [3.05, 3.63) is 70.7 Å². The average Bonchev–Trinajstić information content (AvgIpc) is 2.86. The van der Waals surface area contributed by atoms with Crippen LogP contribution in [0, 0.1) is 5.82 Å². The van der Waals surface area contributed by atoms with Crippen molar-refractivity contribution in [3.63, 3.8) is 0 Å². The Hall–Kier alpha value is -3.22. The number of aryl methyl sites for hydroxylation is 1. The third-order valence-electron chi connectivity index (χ3n) is 4.33. The Morgan fingerprint density at radius 1 is 1.08 bits per heavy atom. The second-order valence-electron chi connectivity index (χ2n) is 6.13. The molecule has 0 aliphatic carbocycles. The first-order chi connectivity index (χ1) is 12.6. The van der Waals surface area contributed by atoms with Crippen LogP contribution in [-0.2, 0) is 17.8 Å². The monoisotopic (exact) mass is 352 g/mol. The summed E-state index contributed by atoms with van der Waals surface area (Å²) < 4.78 is 16.8. The van der Waals surface area contributed by atoms with E-state index in [2.05, 4.69) is 5.10 Å². The van der Waals surface area contributed by atoms with Gasteiger partial charge < -0.3 is 0 Å². The van der Waals surface area contributed by atoms with E-state index in [1.807, 2.05) is 13.0 Å². The highest BCUT2D eigenvalue weighted by Gasteiger charge is 2.30.